The summed E-state index contributed by atoms with van der Waals surface area (Å²) in [4.78, 5) is 12.3. The van der Waals surface area contributed by atoms with E-state index in [4.69, 9.17) is 11.6 Å². The molecule has 0 saturated carbocycles. The molecule has 0 heterocycles. The molecule has 0 amide bonds. The average molecular weight is 295 g/mol. The van der Waals surface area contributed by atoms with Gasteiger partial charge in [-0.1, -0.05) is 35.9 Å². The molecule has 0 aliphatic heterocycles. The number of hydrogen-bond donors (Lipinski definition) is 0. The molecular weight excluding hydrogens is 283 g/mol. The molecule has 4 heteroatoms. The van der Waals surface area contributed by atoms with Gasteiger partial charge in [0.2, 0.25) is 0 Å². The fraction of sp³-hybridized carbons (Fsp3) is 0.133. The van der Waals surface area contributed by atoms with Gasteiger partial charge in [-0.15, -0.1) is 11.8 Å². The lowest BCUT2D eigenvalue weighted by Crippen LogP contribution is -2.05. The second-order valence-corrected chi connectivity index (χ2v) is 5.52. The summed E-state index contributed by atoms with van der Waals surface area (Å²) < 4.78 is 13.4. The van der Waals surface area contributed by atoms with Gasteiger partial charge in [-0.2, -0.15) is 0 Å². The van der Waals surface area contributed by atoms with Crippen molar-refractivity contribution in [1.29, 1.82) is 0 Å². The maximum absolute atomic E-state index is 13.4. The van der Waals surface area contributed by atoms with Crippen molar-refractivity contribution in [3.63, 3.8) is 0 Å². The highest BCUT2D eigenvalue weighted by Crippen LogP contribution is 2.21. The zero-order valence-corrected chi connectivity index (χ0v) is 11.7. The van der Waals surface area contributed by atoms with Crippen LogP contribution in [0.3, 0.4) is 0 Å². The molecule has 0 saturated heterocycles. The molecular formula is C15H12ClFOS. The van der Waals surface area contributed by atoms with Crippen LogP contribution in [-0.2, 0) is 11.2 Å². The molecule has 0 aliphatic rings. The van der Waals surface area contributed by atoms with E-state index in [0.717, 1.165) is 5.56 Å². The summed E-state index contributed by atoms with van der Waals surface area (Å²) in [5.74, 6) is 0.0200. The standard InChI is InChI=1S/C15H12ClFOS/c16-12-5-3-4-11(8-12)9-13(18)10-19-15-7-2-1-6-14(15)17/h1-8H,9-10H2. The van der Waals surface area contributed by atoms with E-state index >= 15 is 0 Å². The van der Waals surface area contributed by atoms with Gasteiger partial charge in [-0.25, -0.2) is 4.39 Å². The molecule has 0 aromatic heterocycles. The first-order valence-corrected chi connectivity index (χ1v) is 7.15. The number of rotatable bonds is 5. The fourth-order valence-electron chi connectivity index (χ4n) is 1.65. The van der Waals surface area contributed by atoms with Crippen molar-refractivity contribution in [3.05, 3.63) is 64.9 Å². The molecule has 0 spiro atoms. The highest BCUT2D eigenvalue weighted by atomic mass is 35.5. The lowest BCUT2D eigenvalue weighted by molar-refractivity contribution is -0.116. The first-order valence-electron chi connectivity index (χ1n) is 5.78. The minimum Gasteiger partial charge on any atom is -0.298 e. The molecule has 0 aliphatic carbocycles. The monoisotopic (exact) mass is 294 g/mol. The summed E-state index contributed by atoms with van der Waals surface area (Å²) in [6.07, 6.45) is 0.321. The van der Waals surface area contributed by atoms with E-state index < -0.39 is 0 Å². The molecule has 0 unspecified atom stereocenters. The lowest BCUT2D eigenvalue weighted by atomic mass is 10.1. The Bertz CT molecular complexity index is 586. The Morgan fingerprint density at radius 1 is 1.16 bits per heavy atom. The number of thioether (sulfide) groups is 1. The Morgan fingerprint density at radius 2 is 1.95 bits per heavy atom. The van der Waals surface area contributed by atoms with Crippen molar-refractivity contribution in [1.82, 2.24) is 0 Å². The number of ketones is 1. The van der Waals surface area contributed by atoms with Gasteiger partial charge in [-0.05, 0) is 29.8 Å². The molecule has 98 valence electrons. The van der Waals surface area contributed by atoms with Crippen molar-refractivity contribution in [2.45, 2.75) is 11.3 Å². The molecule has 0 bridgehead atoms. The predicted octanol–water partition coefficient (Wildman–Crippen LogP) is 4.38. The Kier molecular flexibility index (Phi) is 5.00. The van der Waals surface area contributed by atoms with Gasteiger partial charge in [0.25, 0.3) is 0 Å². The Labute approximate surface area is 120 Å². The summed E-state index contributed by atoms with van der Waals surface area (Å²) >= 11 is 7.08. The fourth-order valence-corrected chi connectivity index (χ4v) is 2.66. The van der Waals surface area contributed by atoms with Crippen molar-refractivity contribution in [2.24, 2.45) is 0 Å². The summed E-state index contributed by atoms with van der Waals surface area (Å²) in [6, 6.07) is 13.7. The third-order valence-electron chi connectivity index (χ3n) is 2.52. The Balaban J connectivity index is 1.90. The molecule has 0 atom stereocenters. The van der Waals surface area contributed by atoms with Crippen LogP contribution in [-0.4, -0.2) is 11.5 Å². The van der Waals surface area contributed by atoms with Crippen LogP contribution in [0.4, 0.5) is 4.39 Å². The number of carbonyl (C=O) groups is 1. The summed E-state index contributed by atoms with van der Waals surface area (Å²) in [5, 5.41) is 0.618. The third-order valence-corrected chi connectivity index (χ3v) is 3.86. The van der Waals surface area contributed by atoms with Crippen LogP contribution in [0.2, 0.25) is 5.02 Å². The van der Waals surface area contributed by atoms with Crippen molar-refractivity contribution >= 4 is 29.1 Å². The van der Waals surface area contributed by atoms with Gasteiger partial charge in [0.1, 0.15) is 11.6 Å². The van der Waals surface area contributed by atoms with Gasteiger partial charge in [0.05, 0.1) is 5.75 Å². The SMILES string of the molecule is O=C(CSc1ccccc1F)Cc1cccc(Cl)c1. The van der Waals surface area contributed by atoms with E-state index in [2.05, 4.69) is 0 Å². The predicted molar refractivity (Wildman–Crippen MR) is 77.3 cm³/mol. The lowest BCUT2D eigenvalue weighted by Gasteiger charge is -2.03. The highest BCUT2D eigenvalue weighted by Gasteiger charge is 2.07. The minimum absolute atomic E-state index is 0.0514. The van der Waals surface area contributed by atoms with E-state index in [9.17, 15) is 9.18 Å². The van der Waals surface area contributed by atoms with Crippen LogP contribution in [0.15, 0.2) is 53.4 Å². The maximum atomic E-state index is 13.4. The molecule has 19 heavy (non-hydrogen) atoms. The van der Waals surface area contributed by atoms with Gasteiger partial charge in [-0.3, -0.25) is 4.79 Å². The van der Waals surface area contributed by atoms with Gasteiger partial charge in [0, 0.05) is 16.3 Å². The van der Waals surface area contributed by atoms with Crippen molar-refractivity contribution < 1.29 is 9.18 Å². The van der Waals surface area contributed by atoms with Crippen molar-refractivity contribution in [3.8, 4) is 0 Å². The average Bonchev–Trinajstić information content (AvgIpc) is 2.38. The third kappa shape index (κ3) is 4.37. The summed E-state index contributed by atoms with van der Waals surface area (Å²) in [7, 11) is 0. The van der Waals surface area contributed by atoms with Crippen LogP contribution < -0.4 is 0 Å². The number of halogens is 2. The molecule has 2 aromatic rings. The first-order chi connectivity index (χ1) is 9.15. The molecule has 0 N–H and O–H groups in total. The molecule has 2 rings (SSSR count). The van der Waals surface area contributed by atoms with E-state index in [-0.39, 0.29) is 17.4 Å². The molecule has 0 fully saturated rings. The first kappa shape index (κ1) is 14.1. The molecule has 1 nitrogen and oxygen atoms in total. The summed E-state index contributed by atoms with van der Waals surface area (Å²) in [6.45, 7) is 0. The second-order valence-electron chi connectivity index (χ2n) is 4.06. The van der Waals surface area contributed by atoms with Crippen molar-refractivity contribution in [2.75, 3.05) is 5.75 Å². The van der Waals surface area contributed by atoms with Crippen LogP contribution in [0.25, 0.3) is 0 Å². The topological polar surface area (TPSA) is 17.1 Å². The van der Waals surface area contributed by atoms with Crippen LogP contribution in [0.1, 0.15) is 5.56 Å². The zero-order chi connectivity index (χ0) is 13.7. The van der Waals surface area contributed by atoms with Crippen LogP contribution in [0, 0.1) is 5.82 Å². The van der Waals surface area contributed by atoms with Crippen LogP contribution >= 0.6 is 23.4 Å². The highest BCUT2D eigenvalue weighted by molar-refractivity contribution is 8.00. The van der Waals surface area contributed by atoms with E-state index in [1.165, 1.54) is 17.8 Å². The number of Topliss-reactive ketones (excluding diaryl/α,β-unsaturated/α-hetero) is 1. The zero-order valence-electron chi connectivity index (χ0n) is 10.1. The van der Waals surface area contributed by atoms with E-state index in [0.29, 0.717) is 16.3 Å². The largest absolute Gasteiger partial charge is 0.298 e. The van der Waals surface area contributed by atoms with Gasteiger partial charge >= 0.3 is 0 Å². The van der Waals surface area contributed by atoms with E-state index in [1.807, 2.05) is 12.1 Å². The number of carbonyl (C=O) groups excluding carboxylic acids is 1. The smallest absolute Gasteiger partial charge is 0.147 e. The Morgan fingerprint density at radius 3 is 2.68 bits per heavy atom. The minimum atomic E-state index is -0.289. The van der Waals surface area contributed by atoms with Gasteiger partial charge < -0.3 is 0 Å². The van der Waals surface area contributed by atoms with Gasteiger partial charge in [0.15, 0.2) is 0 Å². The maximum Gasteiger partial charge on any atom is 0.147 e. The summed E-state index contributed by atoms with van der Waals surface area (Å²) in [5.41, 5.74) is 0.881. The van der Waals surface area contributed by atoms with E-state index in [1.54, 1.807) is 30.3 Å². The number of benzene rings is 2. The Hall–Kier alpha value is -1.32. The normalized spacial score (nSPS) is 10.4. The number of hydrogen-bond acceptors (Lipinski definition) is 2. The quantitative estimate of drug-likeness (QED) is 0.761. The molecule has 0 radical (unpaired) electrons. The van der Waals surface area contributed by atoms with Crippen LogP contribution in [0.5, 0.6) is 0 Å². The second kappa shape index (κ2) is 6.73. The molecule has 2 aromatic carbocycles.